The third-order valence-corrected chi connectivity index (χ3v) is 3.01. The number of aromatic nitrogens is 1. The number of halogens is 1. The van der Waals surface area contributed by atoms with Crippen LogP contribution in [0.1, 0.15) is 24.8 Å². The van der Waals surface area contributed by atoms with Gasteiger partial charge in [0.1, 0.15) is 5.75 Å². The Morgan fingerprint density at radius 1 is 1.38 bits per heavy atom. The van der Waals surface area contributed by atoms with Crippen molar-refractivity contribution in [3.63, 3.8) is 0 Å². The highest BCUT2D eigenvalue weighted by Crippen LogP contribution is 2.22. The van der Waals surface area contributed by atoms with E-state index in [0.29, 0.717) is 17.9 Å². The average Bonchev–Trinajstić information content (AvgIpc) is 2.33. The lowest BCUT2D eigenvalue weighted by molar-refractivity contribution is 0.214. The summed E-state index contributed by atoms with van der Waals surface area (Å²) in [5.74, 6) is 0.183. The lowest BCUT2D eigenvalue weighted by Crippen LogP contribution is -2.29. The smallest absolute Gasteiger partial charge is 0.221 e. The largest absolute Gasteiger partial charge is 0.496 e. The van der Waals surface area contributed by atoms with Crippen molar-refractivity contribution in [3.8, 4) is 5.75 Å². The molecular formula is C12H17FN2O. The molecule has 0 unspecified atom stereocenters. The number of rotatable bonds is 3. The first-order valence-corrected chi connectivity index (χ1v) is 5.71. The Balaban J connectivity index is 2.12. The second kappa shape index (κ2) is 5.25. The third kappa shape index (κ3) is 2.50. The van der Waals surface area contributed by atoms with E-state index in [2.05, 4.69) is 9.88 Å². The summed E-state index contributed by atoms with van der Waals surface area (Å²) in [7, 11) is 1.56. The predicted octanol–water partition coefficient (Wildman–Crippen LogP) is 2.22. The maximum atomic E-state index is 13.6. The highest BCUT2D eigenvalue weighted by atomic mass is 19.1. The second-order valence-electron chi connectivity index (χ2n) is 4.12. The SMILES string of the molecule is COc1ccnc(F)c1CN1CCCCC1. The van der Waals surface area contributed by atoms with Crippen molar-refractivity contribution in [2.24, 2.45) is 0 Å². The number of likely N-dealkylation sites (tertiary alicyclic amines) is 1. The molecule has 1 fully saturated rings. The first kappa shape index (κ1) is 11.3. The lowest BCUT2D eigenvalue weighted by Gasteiger charge is -2.26. The van der Waals surface area contributed by atoms with Gasteiger partial charge in [-0.15, -0.1) is 0 Å². The van der Waals surface area contributed by atoms with Gasteiger partial charge < -0.3 is 4.74 Å². The zero-order chi connectivity index (χ0) is 11.4. The van der Waals surface area contributed by atoms with Crippen molar-refractivity contribution >= 4 is 0 Å². The Kier molecular flexibility index (Phi) is 3.72. The Labute approximate surface area is 95.2 Å². The Bertz CT molecular complexity index is 351. The molecule has 1 aromatic rings. The van der Waals surface area contributed by atoms with Gasteiger partial charge in [0.05, 0.1) is 12.7 Å². The summed E-state index contributed by atoms with van der Waals surface area (Å²) >= 11 is 0. The van der Waals surface area contributed by atoms with Gasteiger partial charge in [0, 0.05) is 12.7 Å². The standard InChI is InChI=1S/C12H17FN2O/c1-16-11-5-6-14-12(13)10(11)9-15-7-3-2-4-8-15/h5-6H,2-4,7-9H2,1H3. The summed E-state index contributed by atoms with van der Waals surface area (Å²) in [6, 6.07) is 1.71. The fourth-order valence-electron chi connectivity index (χ4n) is 2.13. The van der Waals surface area contributed by atoms with Crippen molar-refractivity contribution in [2.75, 3.05) is 20.2 Å². The minimum absolute atomic E-state index is 0.412. The van der Waals surface area contributed by atoms with E-state index in [9.17, 15) is 4.39 Å². The molecule has 88 valence electrons. The molecule has 2 rings (SSSR count). The van der Waals surface area contributed by atoms with Gasteiger partial charge in [-0.25, -0.2) is 4.98 Å². The molecule has 2 heterocycles. The maximum Gasteiger partial charge on any atom is 0.221 e. The second-order valence-corrected chi connectivity index (χ2v) is 4.12. The zero-order valence-electron chi connectivity index (χ0n) is 9.58. The van der Waals surface area contributed by atoms with Crippen LogP contribution in [0.3, 0.4) is 0 Å². The molecular weight excluding hydrogens is 207 g/mol. The van der Waals surface area contributed by atoms with E-state index in [4.69, 9.17) is 4.74 Å². The van der Waals surface area contributed by atoms with Crippen molar-refractivity contribution in [2.45, 2.75) is 25.8 Å². The number of methoxy groups -OCH3 is 1. The Morgan fingerprint density at radius 2 is 2.12 bits per heavy atom. The summed E-state index contributed by atoms with van der Waals surface area (Å²) in [6.07, 6.45) is 5.12. The molecule has 0 bridgehead atoms. The van der Waals surface area contributed by atoms with E-state index in [0.717, 1.165) is 13.1 Å². The van der Waals surface area contributed by atoms with E-state index < -0.39 is 5.95 Å². The van der Waals surface area contributed by atoms with Crippen LogP contribution in [-0.2, 0) is 6.54 Å². The summed E-state index contributed by atoms with van der Waals surface area (Å²) in [5, 5.41) is 0. The van der Waals surface area contributed by atoms with Crippen LogP contribution in [-0.4, -0.2) is 30.1 Å². The number of hydrogen-bond donors (Lipinski definition) is 0. The highest BCUT2D eigenvalue weighted by molar-refractivity contribution is 5.31. The van der Waals surface area contributed by atoms with Crippen molar-refractivity contribution in [1.29, 1.82) is 0 Å². The molecule has 1 aliphatic rings. The monoisotopic (exact) mass is 224 g/mol. The van der Waals surface area contributed by atoms with Crippen molar-refractivity contribution in [1.82, 2.24) is 9.88 Å². The summed E-state index contributed by atoms with van der Waals surface area (Å²) in [5.41, 5.74) is 0.576. The van der Waals surface area contributed by atoms with Crippen molar-refractivity contribution < 1.29 is 9.13 Å². The van der Waals surface area contributed by atoms with E-state index in [1.165, 1.54) is 25.5 Å². The van der Waals surface area contributed by atoms with Crippen LogP contribution >= 0.6 is 0 Å². The molecule has 0 amide bonds. The van der Waals surface area contributed by atoms with Gasteiger partial charge >= 0.3 is 0 Å². The van der Waals surface area contributed by atoms with Crippen LogP contribution in [0.2, 0.25) is 0 Å². The van der Waals surface area contributed by atoms with Crippen LogP contribution in [0.4, 0.5) is 4.39 Å². The summed E-state index contributed by atoms with van der Waals surface area (Å²) in [4.78, 5) is 5.94. The van der Waals surface area contributed by atoms with Gasteiger partial charge in [-0.05, 0) is 32.0 Å². The molecule has 1 saturated heterocycles. The molecule has 0 radical (unpaired) electrons. The molecule has 1 aliphatic heterocycles. The van der Waals surface area contributed by atoms with Gasteiger partial charge in [0.25, 0.3) is 0 Å². The highest BCUT2D eigenvalue weighted by Gasteiger charge is 2.16. The van der Waals surface area contributed by atoms with Gasteiger partial charge in [0.15, 0.2) is 0 Å². The first-order chi connectivity index (χ1) is 7.81. The van der Waals surface area contributed by atoms with Crippen LogP contribution in [0.15, 0.2) is 12.3 Å². The number of ether oxygens (including phenoxy) is 1. The normalized spacial score (nSPS) is 17.4. The molecule has 0 saturated carbocycles. The maximum absolute atomic E-state index is 13.6. The molecule has 0 aromatic carbocycles. The molecule has 3 nitrogen and oxygen atoms in total. The van der Waals surface area contributed by atoms with Crippen LogP contribution in [0.5, 0.6) is 5.75 Å². The number of piperidine rings is 1. The average molecular weight is 224 g/mol. The zero-order valence-corrected chi connectivity index (χ0v) is 9.58. The molecule has 4 heteroatoms. The van der Waals surface area contributed by atoms with Crippen LogP contribution in [0, 0.1) is 5.95 Å². The molecule has 0 atom stereocenters. The predicted molar refractivity (Wildman–Crippen MR) is 59.9 cm³/mol. The topological polar surface area (TPSA) is 25.4 Å². The lowest BCUT2D eigenvalue weighted by atomic mass is 10.1. The fourth-order valence-corrected chi connectivity index (χ4v) is 2.13. The molecule has 1 aromatic heterocycles. The first-order valence-electron chi connectivity index (χ1n) is 5.71. The number of pyridine rings is 1. The van der Waals surface area contributed by atoms with Gasteiger partial charge in [-0.2, -0.15) is 4.39 Å². The van der Waals surface area contributed by atoms with Gasteiger partial charge in [-0.1, -0.05) is 6.42 Å². The van der Waals surface area contributed by atoms with Crippen LogP contribution in [0.25, 0.3) is 0 Å². The van der Waals surface area contributed by atoms with E-state index in [1.807, 2.05) is 0 Å². The quantitative estimate of drug-likeness (QED) is 0.736. The number of hydrogen-bond acceptors (Lipinski definition) is 3. The van der Waals surface area contributed by atoms with Crippen molar-refractivity contribution in [3.05, 3.63) is 23.8 Å². The van der Waals surface area contributed by atoms with E-state index >= 15 is 0 Å². The molecule has 16 heavy (non-hydrogen) atoms. The summed E-state index contributed by atoms with van der Waals surface area (Å²) in [6.45, 7) is 2.68. The molecule has 0 spiro atoms. The van der Waals surface area contributed by atoms with Gasteiger partial charge in [0.2, 0.25) is 5.95 Å². The Hall–Kier alpha value is -1.16. The Morgan fingerprint density at radius 3 is 2.81 bits per heavy atom. The third-order valence-electron chi connectivity index (χ3n) is 3.01. The van der Waals surface area contributed by atoms with Crippen LogP contribution < -0.4 is 4.74 Å². The molecule has 0 N–H and O–H groups in total. The minimum atomic E-state index is -0.412. The summed E-state index contributed by atoms with van der Waals surface area (Å²) < 4.78 is 18.7. The molecule has 0 aliphatic carbocycles. The fraction of sp³-hybridized carbons (Fsp3) is 0.583. The number of nitrogens with zero attached hydrogens (tertiary/aromatic N) is 2. The van der Waals surface area contributed by atoms with E-state index in [-0.39, 0.29) is 0 Å². The van der Waals surface area contributed by atoms with E-state index in [1.54, 1.807) is 13.2 Å². The van der Waals surface area contributed by atoms with Gasteiger partial charge in [-0.3, -0.25) is 4.90 Å². The minimum Gasteiger partial charge on any atom is -0.496 e.